The van der Waals surface area contributed by atoms with E-state index >= 15 is 0 Å². The molecule has 0 aliphatic carbocycles. The predicted molar refractivity (Wildman–Crippen MR) is 62.6 cm³/mol. The maximum absolute atomic E-state index is 5.97. The molecule has 0 bridgehead atoms. The third-order valence-corrected chi connectivity index (χ3v) is 3.20. The number of rotatable bonds is 1. The first-order chi connectivity index (χ1) is 7.27. The minimum atomic E-state index is 0.0854. The van der Waals surface area contributed by atoms with E-state index < -0.39 is 0 Å². The molecule has 0 amide bonds. The molecule has 2 rings (SSSR count). The maximum atomic E-state index is 5.97. The van der Waals surface area contributed by atoms with Crippen molar-refractivity contribution in [1.29, 1.82) is 0 Å². The zero-order valence-corrected chi connectivity index (χ0v) is 9.81. The highest BCUT2D eigenvalue weighted by atomic mass is 35.5. The van der Waals surface area contributed by atoms with Gasteiger partial charge in [0.05, 0.1) is 16.1 Å². The summed E-state index contributed by atoms with van der Waals surface area (Å²) < 4.78 is 5.72. The van der Waals surface area contributed by atoms with Crippen LogP contribution in [0.2, 0.25) is 10.0 Å². The average Bonchev–Trinajstić information content (AvgIpc) is 2.50. The average molecular weight is 246 g/mol. The van der Waals surface area contributed by atoms with E-state index in [4.69, 9.17) is 27.9 Å². The van der Waals surface area contributed by atoms with Gasteiger partial charge in [-0.15, -0.1) is 0 Å². The van der Waals surface area contributed by atoms with Crippen LogP contribution in [-0.2, 0) is 4.74 Å². The molecule has 15 heavy (non-hydrogen) atoms. The van der Waals surface area contributed by atoms with Gasteiger partial charge in [-0.2, -0.15) is 0 Å². The van der Waals surface area contributed by atoms with Gasteiger partial charge >= 0.3 is 0 Å². The minimum absolute atomic E-state index is 0.0854. The summed E-state index contributed by atoms with van der Waals surface area (Å²) in [7, 11) is 0. The molecule has 2 nitrogen and oxygen atoms in total. The smallest absolute Gasteiger partial charge is 0.0949 e. The second-order valence-electron chi connectivity index (χ2n) is 3.59. The van der Waals surface area contributed by atoms with Gasteiger partial charge in [0.2, 0.25) is 0 Å². The van der Waals surface area contributed by atoms with Gasteiger partial charge in [-0.3, -0.25) is 0 Å². The van der Waals surface area contributed by atoms with E-state index in [0.717, 1.165) is 31.7 Å². The summed E-state index contributed by atoms with van der Waals surface area (Å²) in [4.78, 5) is 0. The lowest BCUT2D eigenvalue weighted by atomic mass is 10.1. The van der Waals surface area contributed by atoms with Gasteiger partial charge < -0.3 is 10.1 Å². The molecule has 1 saturated heterocycles. The Balaban J connectivity index is 2.16. The highest BCUT2D eigenvalue weighted by Crippen LogP contribution is 2.27. The lowest BCUT2D eigenvalue weighted by Crippen LogP contribution is -2.20. The van der Waals surface area contributed by atoms with Crippen molar-refractivity contribution in [2.75, 3.05) is 19.7 Å². The molecule has 1 fully saturated rings. The molecule has 1 atom stereocenters. The standard InChI is InChI=1S/C11H13Cl2NO/c12-9-3-2-8(6-10(9)13)11-7-14-4-1-5-15-11/h2-3,6,11,14H,1,4-5,7H2. The Kier molecular flexibility index (Phi) is 3.87. The molecular formula is C11H13Cl2NO. The fourth-order valence-electron chi connectivity index (χ4n) is 1.64. The van der Waals surface area contributed by atoms with Crippen LogP contribution in [0.1, 0.15) is 18.1 Å². The molecule has 1 unspecified atom stereocenters. The Morgan fingerprint density at radius 1 is 1.27 bits per heavy atom. The van der Waals surface area contributed by atoms with Crippen molar-refractivity contribution < 1.29 is 4.74 Å². The number of ether oxygens (including phenoxy) is 1. The van der Waals surface area contributed by atoms with Crippen molar-refractivity contribution in [2.45, 2.75) is 12.5 Å². The van der Waals surface area contributed by atoms with E-state index in [1.807, 2.05) is 18.2 Å². The fraction of sp³-hybridized carbons (Fsp3) is 0.455. The second kappa shape index (κ2) is 5.17. The van der Waals surface area contributed by atoms with Crippen molar-refractivity contribution in [3.63, 3.8) is 0 Å². The normalized spacial score (nSPS) is 22.4. The van der Waals surface area contributed by atoms with Crippen molar-refractivity contribution >= 4 is 23.2 Å². The van der Waals surface area contributed by atoms with E-state index in [1.165, 1.54) is 0 Å². The molecule has 0 spiro atoms. The predicted octanol–water partition coefficient (Wildman–Crippen LogP) is 3.04. The zero-order valence-electron chi connectivity index (χ0n) is 8.30. The maximum Gasteiger partial charge on any atom is 0.0949 e. The topological polar surface area (TPSA) is 21.3 Å². The highest BCUT2D eigenvalue weighted by Gasteiger charge is 2.15. The highest BCUT2D eigenvalue weighted by molar-refractivity contribution is 6.42. The van der Waals surface area contributed by atoms with Crippen LogP contribution in [0.4, 0.5) is 0 Å². The summed E-state index contributed by atoms with van der Waals surface area (Å²) in [5.74, 6) is 0. The van der Waals surface area contributed by atoms with Crippen LogP contribution < -0.4 is 5.32 Å². The number of halogens is 2. The molecule has 1 aliphatic heterocycles. The van der Waals surface area contributed by atoms with Gasteiger partial charge in [0, 0.05) is 13.2 Å². The molecule has 0 saturated carbocycles. The third kappa shape index (κ3) is 2.85. The first-order valence-electron chi connectivity index (χ1n) is 5.04. The van der Waals surface area contributed by atoms with Crippen LogP contribution in [0, 0.1) is 0 Å². The van der Waals surface area contributed by atoms with Gasteiger partial charge in [0.25, 0.3) is 0 Å². The van der Waals surface area contributed by atoms with Crippen LogP contribution in [-0.4, -0.2) is 19.7 Å². The van der Waals surface area contributed by atoms with Crippen LogP contribution in [0.25, 0.3) is 0 Å². The Hall–Kier alpha value is -0.280. The summed E-state index contributed by atoms with van der Waals surface area (Å²) >= 11 is 11.8. The van der Waals surface area contributed by atoms with Crippen molar-refractivity contribution in [1.82, 2.24) is 5.32 Å². The molecule has 1 N–H and O–H groups in total. The largest absolute Gasteiger partial charge is 0.372 e. The Morgan fingerprint density at radius 2 is 2.13 bits per heavy atom. The number of hydrogen-bond donors (Lipinski definition) is 1. The van der Waals surface area contributed by atoms with E-state index in [9.17, 15) is 0 Å². The van der Waals surface area contributed by atoms with Crippen LogP contribution in [0.5, 0.6) is 0 Å². The molecular weight excluding hydrogens is 233 g/mol. The van der Waals surface area contributed by atoms with E-state index in [1.54, 1.807) is 0 Å². The summed E-state index contributed by atoms with van der Waals surface area (Å²) in [6.07, 6.45) is 1.14. The lowest BCUT2D eigenvalue weighted by Gasteiger charge is -2.15. The molecule has 1 aliphatic rings. The quantitative estimate of drug-likeness (QED) is 0.822. The summed E-state index contributed by atoms with van der Waals surface area (Å²) in [6, 6.07) is 5.65. The van der Waals surface area contributed by atoms with Gasteiger partial charge in [-0.05, 0) is 30.7 Å². The Morgan fingerprint density at radius 3 is 2.93 bits per heavy atom. The van der Waals surface area contributed by atoms with Gasteiger partial charge in [-0.25, -0.2) is 0 Å². The molecule has 0 radical (unpaired) electrons. The number of hydrogen-bond acceptors (Lipinski definition) is 2. The SMILES string of the molecule is Clc1ccc(C2CNCCCO2)cc1Cl. The fourth-order valence-corrected chi connectivity index (χ4v) is 1.95. The molecule has 0 aromatic heterocycles. The molecule has 4 heteroatoms. The molecule has 1 aromatic rings. The third-order valence-electron chi connectivity index (χ3n) is 2.46. The summed E-state index contributed by atoms with van der Waals surface area (Å²) in [5.41, 5.74) is 1.08. The van der Waals surface area contributed by atoms with Crippen molar-refractivity contribution in [3.05, 3.63) is 33.8 Å². The molecule has 1 heterocycles. The lowest BCUT2D eigenvalue weighted by molar-refractivity contribution is 0.0669. The van der Waals surface area contributed by atoms with E-state index in [2.05, 4.69) is 5.32 Å². The van der Waals surface area contributed by atoms with Crippen LogP contribution >= 0.6 is 23.2 Å². The van der Waals surface area contributed by atoms with Crippen LogP contribution in [0.15, 0.2) is 18.2 Å². The second-order valence-corrected chi connectivity index (χ2v) is 4.41. The minimum Gasteiger partial charge on any atom is -0.372 e. The van der Waals surface area contributed by atoms with Gasteiger partial charge in [0.15, 0.2) is 0 Å². The van der Waals surface area contributed by atoms with E-state index in [0.29, 0.717) is 10.0 Å². The summed E-state index contributed by atoms with van der Waals surface area (Å²) in [6.45, 7) is 2.63. The molecule has 1 aromatic carbocycles. The zero-order chi connectivity index (χ0) is 10.7. The Bertz CT molecular complexity index is 335. The number of nitrogens with one attached hydrogen (secondary N) is 1. The van der Waals surface area contributed by atoms with Crippen LogP contribution in [0.3, 0.4) is 0 Å². The number of benzene rings is 1. The molecule has 82 valence electrons. The Labute approximate surface area is 99.5 Å². The first-order valence-corrected chi connectivity index (χ1v) is 5.80. The van der Waals surface area contributed by atoms with E-state index in [-0.39, 0.29) is 6.10 Å². The van der Waals surface area contributed by atoms with Gasteiger partial charge in [0.1, 0.15) is 0 Å². The van der Waals surface area contributed by atoms with Gasteiger partial charge in [-0.1, -0.05) is 29.3 Å². The first kappa shape index (κ1) is 11.2. The monoisotopic (exact) mass is 245 g/mol. The van der Waals surface area contributed by atoms with Crippen molar-refractivity contribution in [3.8, 4) is 0 Å². The van der Waals surface area contributed by atoms with Crippen molar-refractivity contribution in [2.24, 2.45) is 0 Å². The summed E-state index contributed by atoms with van der Waals surface area (Å²) in [5, 5.41) is 4.50.